The third kappa shape index (κ3) is 4.72. The predicted octanol–water partition coefficient (Wildman–Crippen LogP) is 4.07. The molecule has 0 fully saturated rings. The van der Waals surface area contributed by atoms with Gasteiger partial charge in [-0.25, -0.2) is 4.79 Å². The molecule has 30 heavy (non-hydrogen) atoms. The molecule has 6 nitrogen and oxygen atoms in total. The van der Waals surface area contributed by atoms with Gasteiger partial charge in [0.25, 0.3) is 0 Å². The average molecular weight is 397 g/mol. The Balaban J connectivity index is 1.40. The number of aryl methyl sites for hydroxylation is 1. The molecule has 4 rings (SSSR count). The summed E-state index contributed by atoms with van der Waals surface area (Å²) in [5.41, 5.74) is 4.80. The first kappa shape index (κ1) is 19.4. The average Bonchev–Trinajstić information content (AvgIpc) is 3.24. The Labute approximate surface area is 175 Å². The highest BCUT2D eigenvalue weighted by Gasteiger charge is 2.16. The normalized spacial score (nSPS) is 10.7. The second kappa shape index (κ2) is 9.05. The Morgan fingerprint density at radius 3 is 2.13 bits per heavy atom. The zero-order valence-corrected chi connectivity index (χ0v) is 16.7. The highest BCUT2D eigenvalue weighted by molar-refractivity contribution is 5.75. The van der Waals surface area contributed by atoms with E-state index in [9.17, 15) is 4.79 Å². The molecule has 2 aromatic heterocycles. The fourth-order valence-corrected chi connectivity index (χ4v) is 3.27. The lowest BCUT2D eigenvalue weighted by molar-refractivity contribution is 0.238. The number of urea groups is 1. The second-order valence-corrected chi connectivity index (χ2v) is 7.04. The van der Waals surface area contributed by atoms with Crippen LogP contribution < -0.4 is 10.6 Å². The number of hydrogen-bond donors (Lipinski definition) is 2. The van der Waals surface area contributed by atoms with Crippen molar-refractivity contribution in [2.24, 2.45) is 7.05 Å². The van der Waals surface area contributed by atoms with E-state index in [1.54, 1.807) is 17.1 Å². The first-order valence-electron chi connectivity index (χ1n) is 9.77. The fourth-order valence-electron chi connectivity index (χ4n) is 3.27. The van der Waals surface area contributed by atoms with Gasteiger partial charge < -0.3 is 10.6 Å². The van der Waals surface area contributed by atoms with Crippen molar-refractivity contribution in [3.05, 3.63) is 108 Å². The molecular weight excluding hydrogens is 374 g/mol. The van der Waals surface area contributed by atoms with Gasteiger partial charge in [-0.05, 0) is 22.8 Å². The summed E-state index contributed by atoms with van der Waals surface area (Å²) in [5.74, 6) is 0. The molecule has 2 amide bonds. The van der Waals surface area contributed by atoms with Crippen molar-refractivity contribution >= 4 is 6.03 Å². The van der Waals surface area contributed by atoms with Crippen LogP contribution in [-0.2, 0) is 13.6 Å². The summed E-state index contributed by atoms with van der Waals surface area (Å²) >= 11 is 0. The molecule has 0 saturated heterocycles. The Morgan fingerprint density at radius 2 is 1.60 bits per heavy atom. The molecule has 0 saturated carbocycles. The topological polar surface area (TPSA) is 71.8 Å². The van der Waals surface area contributed by atoms with Gasteiger partial charge in [0, 0.05) is 31.5 Å². The number of amides is 2. The van der Waals surface area contributed by atoms with Crippen molar-refractivity contribution in [3.8, 4) is 11.3 Å². The van der Waals surface area contributed by atoms with Gasteiger partial charge in [-0.1, -0.05) is 66.7 Å². The molecule has 2 heterocycles. The molecule has 0 aliphatic carbocycles. The molecule has 0 spiro atoms. The van der Waals surface area contributed by atoms with E-state index in [1.165, 1.54) is 0 Å². The molecule has 6 heteroatoms. The van der Waals surface area contributed by atoms with Crippen LogP contribution in [0.3, 0.4) is 0 Å². The van der Waals surface area contributed by atoms with Crippen LogP contribution in [0.4, 0.5) is 4.79 Å². The maximum Gasteiger partial charge on any atom is 0.315 e. The molecule has 0 bridgehead atoms. The minimum Gasteiger partial charge on any atom is -0.334 e. The summed E-state index contributed by atoms with van der Waals surface area (Å²) in [5, 5.41) is 10.2. The number of carbonyl (C=O) groups excluding carboxylic acids is 1. The van der Waals surface area contributed by atoms with Crippen LogP contribution in [0.2, 0.25) is 0 Å². The van der Waals surface area contributed by atoms with E-state index in [0.29, 0.717) is 6.54 Å². The summed E-state index contributed by atoms with van der Waals surface area (Å²) in [4.78, 5) is 17.1. The molecule has 4 aromatic rings. The van der Waals surface area contributed by atoms with Gasteiger partial charge in [-0.3, -0.25) is 9.67 Å². The zero-order valence-electron chi connectivity index (χ0n) is 16.7. The van der Waals surface area contributed by atoms with Crippen molar-refractivity contribution in [3.63, 3.8) is 0 Å². The molecule has 0 radical (unpaired) electrons. The molecule has 150 valence electrons. The molecule has 2 N–H and O–H groups in total. The number of pyridine rings is 1. The minimum absolute atomic E-state index is 0.224. The SMILES string of the molecule is Cn1cc(-c2ccc(CNC(=O)NC(c3ccccc3)c3ccccc3)cn2)cn1. The van der Waals surface area contributed by atoms with Crippen molar-refractivity contribution in [2.45, 2.75) is 12.6 Å². The lowest BCUT2D eigenvalue weighted by Gasteiger charge is -2.20. The van der Waals surface area contributed by atoms with Crippen molar-refractivity contribution in [2.75, 3.05) is 0 Å². The van der Waals surface area contributed by atoms with Gasteiger partial charge in [-0.2, -0.15) is 5.10 Å². The van der Waals surface area contributed by atoms with Crippen LogP contribution >= 0.6 is 0 Å². The highest BCUT2D eigenvalue weighted by atomic mass is 16.2. The third-order valence-corrected chi connectivity index (χ3v) is 4.82. The van der Waals surface area contributed by atoms with E-state index in [0.717, 1.165) is 27.9 Å². The first-order chi connectivity index (χ1) is 14.7. The van der Waals surface area contributed by atoms with Crippen LogP contribution in [0.1, 0.15) is 22.7 Å². The maximum atomic E-state index is 12.6. The molecule has 0 aliphatic rings. The molecule has 2 aromatic carbocycles. The first-order valence-corrected chi connectivity index (χ1v) is 9.77. The molecule has 0 unspecified atom stereocenters. The van der Waals surface area contributed by atoms with Gasteiger partial charge in [0.15, 0.2) is 0 Å². The van der Waals surface area contributed by atoms with Gasteiger partial charge >= 0.3 is 6.03 Å². The van der Waals surface area contributed by atoms with E-state index >= 15 is 0 Å². The van der Waals surface area contributed by atoms with Gasteiger partial charge in [0.2, 0.25) is 0 Å². The minimum atomic E-state index is -0.232. The van der Waals surface area contributed by atoms with E-state index in [4.69, 9.17) is 0 Å². The summed E-state index contributed by atoms with van der Waals surface area (Å²) < 4.78 is 1.74. The number of nitrogens with zero attached hydrogens (tertiary/aromatic N) is 3. The number of carbonyl (C=O) groups is 1. The molecule has 0 atom stereocenters. The van der Waals surface area contributed by atoms with E-state index < -0.39 is 0 Å². The van der Waals surface area contributed by atoms with Crippen LogP contribution in [0, 0.1) is 0 Å². The third-order valence-electron chi connectivity index (χ3n) is 4.82. The largest absolute Gasteiger partial charge is 0.334 e. The Morgan fingerprint density at radius 1 is 0.933 bits per heavy atom. The van der Waals surface area contributed by atoms with Crippen molar-refractivity contribution in [1.29, 1.82) is 0 Å². The lowest BCUT2D eigenvalue weighted by Crippen LogP contribution is -2.38. The lowest BCUT2D eigenvalue weighted by atomic mass is 9.99. The van der Waals surface area contributed by atoms with Gasteiger partial charge in [0.1, 0.15) is 0 Å². The quantitative estimate of drug-likeness (QED) is 0.515. The molecule has 0 aliphatic heterocycles. The summed E-state index contributed by atoms with van der Waals surface area (Å²) in [6.45, 7) is 0.391. The Hall–Kier alpha value is -3.93. The number of aromatic nitrogens is 3. The standard InChI is InChI=1S/C24H23N5O/c1-29-17-21(16-27-29)22-13-12-18(14-25-22)15-26-24(30)28-23(19-8-4-2-5-9-19)20-10-6-3-7-11-20/h2-14,16-17,23H,15H2,1H3,(H2,26,28,30). The smallest absolute Gasteiger partial charge is 0.315 e. The van der Waals surface area contributed by atoms with Crippen LogP contribution in [0.25, 0.3) is 11.3 Å². The number of rotatable bonds is 6. The highest BCUT2D eigenvalue weighted by Crippen LogP contribution is 2.21. The van der Waals surface area contributed by atoms with E-state index in [2.05, 4.69) is 20.7 Å². The molecular formula is C24H23N5O. The van der Waals surface area contributed by atoms with Crippen molar-refractivity contribution < 1.29 is 4.79 Å². The fraction of sp³-hybridized carbons (Fsp3) is 0.125. The number of hydrogen-bond acceptors (Lipinski definition) is 3. The van der Waals surface area contributed by atoms with Crippen LogP contribution in [0.5, 0.6) is 0 Å². The zero-order chi connectivity index (χ0) is 20.8. The number of nitrogens with one attached hydrogen (secondary N) is 2. The van der Waals surface area contributed by atoms with E-state index in [1.807, 2.05) is 86.0 Å². The van der Waals surface area contributed by atoms with Crippen LogP contribution in [0.15, 0.2) is 91.4 Å². The Bertz CT molecular complexity index is 1050. The maximum absolute atomic E-state index is 12.6. The second-order valence-electron chi connectivity index (χ2n) is 7.04. The van der Waals surface area contributed by atoms with Gasteiger partial charge in [0.05, 0.1) is 17.9 Å². The summed E-state index contributed by atoms with van der Waals surface area (Å²) in [7, 11) is 1.87. The monoisotopic (exact) mass is 397 g/mol. The van der Waals surface area contributed by atoms with Crippen molar-refractivity contribution in [1.82, 2.24) is 25.4 Å². The van der Waals surface area contributed by atoms with Gasteiger partial charge in [-0.15, -0.1) is 0 Å². The predicted molar refractivity (Wildman–Crippen MR) is 117 cm³/mol. The van der Waals surface area contributed by atoms with E-state index in [-0.39, 0.29) is 12.1 Å². The Kier molecular flexibility index (Phi) is 5.85. The summed E-state index contributed by atoms with van der Waals surface area (Å²) in [6, 6.07) is 23.3. The summed E-state index contributed by atoms with van der Waals surface area (Å²) in [6.07, 6.45) is 5.47. The van der Waals surface area contributed by atoms with Crippen LogP contribution in [-0.4, -0.2) is 20.8 Å². The number of benzene rings is 2.